The fourth-order valence-electron chi connectivity index (χ4n) is 7.48. The zero-order valence-corrected chi connectivity index (χ0v) is 43.0. The molecule has 0 aliphatic heterocycles. The van der Waals surface area contributed by atoms with Crippen molar-refractivity contribution in [2.45, 2.75) is 120 Å². The van der Waals surface area contributed by atoms with Crippen LogP contribution in [-0.2, 0) is 70.4 Å². The minimum absolute atomic E-state index is 0.0444. The fraction of sp³-hybridized carbons (Fsp3) is 0.511. The van der Waals surface area contributed by atoms with Crippen LogP contribution in [0, 0.1) is 5.92 Å². The number of carboxylic acids is 2. The summed E-state index contributed by atoms with van der Waals surface area (Å²) < 4.78 is 0. The van der Waals surface area contributed by atoms with Gasteiger partial charge < -0.3 is 95.4 Å². The monoisotopic (exact) mass is 1100 g/mol. The number of carboxylic acid groups (broad SMARTS) is 2. The molecular formula is C47H69N15O16. The van der Waals surface area contributed by atoms with E-state index in [1.807, 2.05) is 10.6 Å². The van der Waals surface area contributed by atoms with Crippen molar-refractivity contribution < 1.29 is 78.0 Å². The number of rotatable bonds is 34. The van der Waals surface area contributed by atoms with Crippen LogP contribution in [0.25, 0.3) is 10.9 Å². The first-order chi connectivity index (χ1) is 36.9. The van der Waals surface area contributed by atoms with Gasteiger partial charge in [-0.25, -0.2) is 9.78 Å². The van der Waals surface area contributed by atoms with Gasteiger partial charge in [0.1, 0.15) is 48.3 Å². The van der Waals surface area contributed by atoms with Crippen molar-refractivity contribution in [3.05, 3.63) is 54.2 Å². The summed E-state index contributed by atoms with van der Waals surface area (Å²) in [7, 11) is 0. The predicted molar refractivity (Wildman–Crippen MR) is 272 cm³/mol. The minimum Gasteiger partial charge on any atom is -0.481 e. The third-order valence-electron chi connectivity index (χ3n) is 11.7. The average Bonchev–Trinajstić information content (AvgIpc) is 4.06. The number of imidazole rings is 1. The lowest BCUT2D eigenvalue weighted by molar-refractivity contribution is -0.143. The number of benzene rings is 1. The van der Waals surface area contributed by atoms with Gasteiger partial charge in [0.2, 0.25) is 59.1 Å². The van der Waals surface area contributed by atoms with Crippen LogP contribution in [0.5, 0.6) is 0 Å². The number of amides is 10. The van der Waals surface area contributed by atoms with Crippen LogP contribution in [0.2, 0.25) is 0 Å². The summed E-state index contributed by atoms with van der Waals surface area (Å²) in [5, 5.41) is 60.2. The van der Waals surface area contributed by atoms with Gasteiger partial charge in [-0.2, -0.15) is 0 Å². The highest BCUT2D eigenvalue weighted by atomic mass is 16.4. The van der Waals surface area contributed by atoms with Gasteiger partial charge in [0.05, 0.1) is 45.0 Å². The van der Waals surface area contributed by atoms with Crippen LogP contribution in [0.3, 0.4) is 0 Å². The maximum Gasteiger partial charge on any atom is 0.326 e. The van der Waals surface area contributed by atoms with Gasteiger partial charge >= 0.3 is 11.9 Å². The average molecular weight is 1100 g/mol. The summed E-state index contributed by atoms with van der Waals surface area (Å²) in [4.78, 5) is 165. The second-order valence-corrected chi connectivity index (χ2v) is 18.3. The Kier molecular flexibility index (Phi) is 25.7. The van der Waals surface area contributed by atoms with Gasteiger partial charge in [0, 0.05) is 41.8 Å². The molecule has 10 amide bonds. The molecule has 1 aromatic carbocycles. The van der Waals surface area contributed by atoms with Crippen molar-refractivity contribution in [2.24, 2.45) is 23.1 Å². The predicted octanol–water partition coefficient (Wildman–Crippen LogP) is -6.78. The van der Waals surface area contributed by atoms with Gasteiger partial charge in [0.15, 0.2) is 0 Å². The summed E-state index contributed by atoms with van der Waals surface area (Å²) in [5.74, 6) is -13.8. The van der Waals surface area contributed by atoms with E-state index in [0.717, 1.165) is 0 Å². The Morgan fingerprint density at radius 1 is 0.628 bits per heavy atom. The van der Waals surface area contributed by atoms with E-state index in [2.05, 4.69) is 52.2 Å². The van der Waals surface area contributed by atoms with E-state index in [1.54, 1.807) is 44.3 Å². The Labute approximate surface area is 445 Å². The number of H-pyrrole nitrogens is 2. The number of aliphatic carboxylic acids is 2. The van der Waals surface area contributed by atoms with Crippen LogP contribution in [0.1, 0.15) is 64.1 Å². The van der Waals surface area contributed by atoms with Crippen LogP contribution < -0.4 is 65.1 Å². The zero-order chi connectivity index (χ0) is 58.2. The van der Waals surface area contributed by atoms with Gasteiger partial charge in [-0.05, 0) is 50.3 Å². The highest BCUT2D eigenvalue weighted by Gasteiger charge is 2.35. The van der Waals surface area contributed by atoms with E-state index in [1.165, 1.54) is 19.4 Å². The van der Waals surface area contributed by atoms with Crippen molar-refractivity contribution in [3.63, 3.8) is 0 Å². The molecule has 31 heteroatoms. The van der Waals surface area contributed by atoms with Gasteiger partial charge in [-0.1, -0.05) is 32.0 Å². The van der Waals surface area contributed by atoms with Crippen molar-refractivity contribution in [1.82, 2.24) is 62.8 Å². The summed E-state index contributed by atoms with van der Waals surface area (Å²) in [6.07, 6.45) is 3.05. The van der Waals surface area contributed by atoms with Gasteiger partial charge in [-0.3, -0.25) is 52.7 Å². The molecule has 0 saturated carbocycles. The Morgan fingerprint density at radius 3 is 1.78 bits per heavy atom. The topological polar surface area (TPSA) is 517 Å². The maximum atomic E-state index is 14.3. The minimum atomic E-state index is -1.98. The third-order valence-corrected chi connectivity index (χ3v) is 11.7. The molecule has 3 rings (SSSR count). The lowest BCUT2D eigenvalue weighted by Crippen LogP contribution is -2.60. The Hall–Kier alpha value is -8.55. The molecule has 0 aliphatic rings. The lowest BCUT2D eigenvalue weighted by atomic mass is 10.0. The molecule has 0 fully saturated rings. The SMILES string of the molecule is CC(C)[C@H](NC(=O)[C@@H](N)CC(N)=O)C(=O)N[C@@H](Cc1cnc[nH]1)C(=O)N[C@@H](Cc1c[nH]c2ccccc12)C(=O)N[C@@H](C)C(=O)NCC(=O)N[C@@H](CO)C(=O)N[C@@H](CC(=O)O)C(=O)N[C@@H](CO)C(=O)N[C@@H](CCCCN)C(=O)O. The number of carbonyl (C=O) groups is 12. The number of carbonyl (C=O) groups excluding carboxylic acids is 10. The fourth-order valence-corrected chi connectivity index (χ4v) is 7.48. The molecule has 0 unspecified atom stereocenters. The van der Waals surface area contributed by atoms with Crippen molar-refractivity contribution >= 4 is 81.9 Å². The Morgan fingerprint density at radius 2 is 1.19 bits per heavy atom. The number of nitrogens with two attached hydrogens (primary N) is 3. The summed E-state index contributed by atoms with van der Waals surface area (Å²) in [6, 6.07) is -6.98. The number of para-hydroxylation sites is 1. The standard InChI is InChI=1S/C47H69N15O16/c1-22(2)38(62-40(70)27(49)14-35(50)65)46(76)60-31(13-25-17-51-21-54-25)42(72)58-30(12-24-16-52-28-9-5-4-8-26(24)28)41(71)55-23(3)39(69)53-18-36(66)56-33(19-63)44(74)59-32(15-37(67)68)43(73)61-34(20-64)45(75)57-29(47(77)78)10-6-7-11-48/h4-5,8-9,16-17,21-23,27,29-34,38,52,63-64H,6-7,10-15,18-20,48-49H2,1-3H3,(H2,50,65)(H,51,54)(H,53,69)(H,55,71)(H,56,66)(H,57,75)(H,58,72)(H,59,74)(H,60,76)(H,61,73)(H,62,70)(H,67,68)(H,77,78)/t23-,27-,29-,30-,31-,32-,33-,34-,38-/m0/s1. The lowest BCUT2D eigenvalue weighted by Gasteiger charge is -2.27. The first-order valence-corrected chi connectivity index (χ1v) is 24.5. The van der Waals surface area contributed by atoms with Crippen LogP contribution in [-0.4, -0.2) is 187 Å². The molecular weight excluding hydrogens is 1030 g/mol. The van der Waals surface area contributed by atoms with Gasteiger partial charge in [-0.15, -0.1) is 0 Å². The summed E-state index contributed by atoms with van der Waals surface area (Å²) in [6.45, 7) is 1.62. The second kappa shape index (κ2) is 31.5. The van der Waals surface area contributed by atoms with E-state index in [9.17, 15) is 78.0 Å². The summed E-state index contributed by atoms with van der Waals surface area (Å²) in [5.41, 5.74) is 18.0. The summed E-state index contributed by atoms with van der Waals surface area (Å²) >= 11 is 0. The van der Waals surface area contributed by atoms with Crippen LogP contribution >= 0.6 is 0 Å². The Bertz CT molecular complexity index is 2590. The van der Waals surface area contributed by atoms with E-state index in [-0.39, 0.29) is 25.8 Å². The number of nitrogens with one attached hydrogen (secondary N) is 11. The molecule has 0 radical (unpaired) electrons. The molecule has 9 atom stereocenters. The molecule has 428 valence electrons. The number of aliphatic hydroxyl groups is 2. The number of hydrogen-bond donors (Lipinski definition) is 18. The highest BCUT2D eigenvalue weighted by Crippen LogP contribution is 2.20. The Balaban J connectivity index is 1.74. The first-order valence-electron chi connectivity index (χ1n) is 24.5. The van der Waals surface area contributed by atoms with E-state index in [4.69, 9.17) is 17.2 Å². The zero-order valence-electron chi connectivity index (χ0n) is 43.0. The van der Waals surface area contributed by atoms with Crippen LogP contribution in [0.4, 0.5) is 0 Å². The molecule has 0 bridgehead atoms. The van der Waals surface area contributed by atoms with Crippen LogP contribution in [0.15, 0.2) is 43.0 Å². The second-order valence-electron chi connectivity index (χ2n) is 18.3. The molecule has 78 heavy (non-hydrogen) atoms. The number of aromatic amines is 2. The third kappa shape index (κ3) is 20.5. The number of aromatic nitrogens is 3. The first kappa shape index (κ1) is 63.7. The number of fused-ring (bicyclic) bond motifs is 1. The number of aliphatic hydroxyl groups excluding tert-OH is 2. The largest absolute Gasteiger partial charge is 0.481 e. The smallest absolute Gasteiger partial charge is 0.326 e. The maximum absolute atomic E-state index is 14.3. The molecule has 31 nitrogen and oxygen atoms in total. The highest BCUT2D eigenvalue weighted by molar-refractivity contribution is 5.99. The molecule has 0 saturated heterocycles. The van der Waals surface area contributed by atoms with E-state index in [0.29, 0.717) is 35.0 Å². The van der Waals surface area contributed by atoms with Crippen molar-refractivity contribution in [1.29, 1.82) is 0 Å². The molecule has 3 aromatic rings. The normalized spacial score (nSPS) is 14.6. The van der Waals surface area contributed by atoms with Crippen molar-refractivity contribution in [3.8, 4) is 0 Å². The molecule has 2 aromatic heterocycles. The number of unbranched alkanes of at least 4 members (excludes halogenated alkanes) is 1. The number of nitrogens with zero attached hydrogens (tertiary/aromatic N) is 1. The molecule has 0 spiro atoms. The number of primary amides is 1. The molecule has 0 aliphatic carbocycles. The van der Waals surface area contributed by atoms with E-state index >= 15 is 0 Å². The molecule has 2 heterocycles. The molecule has 21 N–H and O–H groups in total. The van der Waals surface area contributed by atoms with Crippen molar-refractivity contribution in [2.75, 3.05) is 26.3 Å². The number of hydrogen-bond acceptors (Lipinski definition) is 17. The quantitative estimate of drug-likeness (QED) is 0.0247. The van der Waals surface area contributed by atoms with Gasteiger partial charge in [0.25, 0.3) is 0 Å². The van der Waals surface area contributed by atoms with E-state index < -0.39 is 164 Å².